The van der Waals surface area contributed by atoms with Crippen LogP contribution in [0.5, 0.6) is 0 Å². The molecule has 2 aromatic carbocycles. The van der Waals surface area contributed by atoms with Crippen molar-refractivity contribution >= 4 is 11.6 Å². The van der Waals surface area contributed by atoms with Crippen LogP contribution in [0.2, 0.25) is 0 Å². The molecule has 3 nitrogen and oxygen atoms in total. The van der Waals surface area contributed by atoms with Crippen molar-refractivity contribution in [3.05, 3.63) is 65.2 Å². The Morgan fingerprint density at radius 1 is 1.15 bits per heavy atom. The minimum atomic E-state index is -0.812. The van der Waals surface area contributed by atoms with E-state index in [-0.39, 0.29) is 5.56 Å². The largest absolute Gasteiger partial charge is 0.389 e. The van der Waals surface area contributed by atoms with E-state index in [1.165, 1.54) is 0 Å². The van der Waals surface area contributed by atoms with Gasteiger partial charge in [0, 0.05) is 17.3 Å². The number of anilines is 1. The van der Waals surface area contributed by atoms with Gasteiger partial charge in [-0.25, -0.2) is 8.78 Å². The van der Waals surface area contributed by atoms with Gasteiger partial charge in [0.2, 0.25) is 0 Å². The van der Waals surface area contributed by atoms with Crippen LogP contribution in [0, 0.1) is 11.6 Å². The van der Waals surface area contributed by atoms with Crippen LogP contribution < -0.4 is 5.32 Å². The van der Waals surface area contributed by atoms with E-state index in [1.807, 2.05) is 0 Å². The Morgan fingerprint density at radius 3 is 2.40 bits per heavy atom. The molecule has 1 atom stereocenters. The van der Waals surface area contributed by atoms with Crippen LogP contribution in [0.3, 0.4) is 0 Å². The zero-order chi connectivity index (χ0) is 14.7. The topological polar surface area (TPSA) is 49.3 Å². The van der Waals surface area contributed by atoms with Gasteiger partial charge in [-0.1, -0.05) is 12.1 Å². The van der Waals surface area contributed by atoms with E-state index in [0.29, 0.717) is 17.3 Å². The predicted octanol–water partition coefficient (Wildman–Crippen LogP) is 3.27. The van der Waals surface area contributed by atoms with E-state index in [4.69, 9.17) is 0 Å². The molecule has 20 heavy (non-hydrogen) atoms. The van der Waals surface area contributed by atoms with Gasteiger partial charge in [0.15, 0.2) is 0 Å². The second-order valence-corrected chi connectivity index (χ2v) is 4.41. The molecule has 0 saturated carbocycles. The van der Waals surface area contributed by atoms with Gasteiger partial charge in [-0.3, -0.25) is 4.79 Å². The lowest BCUT2D eigenvalue weighted by atomic mass is 10.1. The van der Waals surface area contributed by atoms with E-state index in [0.717, 1.165) is 12.1 Å². The Balaban J connectivity index is 2.21. The number of carbonyl (C=O) groups is 1. The number of carbonyl (C=O) groups excluding carboxylic acids is 1. The summed E-state index contributed by atoms with van der Waals surface area (Å²) < 4.78 is 26.1. The maximum atomic E-state index is 13.0. The van der Waals surface area contributed by atoms with Crippen molar-refractivity contribution < 1.29 is 18.7 Å². The first-order valence-corrected chi connectivity index (χ1v) is 6.01. The van der Waals surface area contributed by atoms with Crippen LogP contribution in [-0.4, -0.2) is 11.0 Å². The summed E-state index contributed by atoms with van der Waals surface area (Å²) in [6.45, 7) is 1.60. The van der Waals surface area contributed by atoms with Crippen molar-refractivity contribution in [1.82, 2.24) is 0 Å². The van der Waals surface area contributed by atoms with Gasteiger partial charge in [-0.2, -0.15) is 0 Å². The van der Waals surface area contributed by atoms with Crippen molar-refractivity contribution in [3.63, 3.8) is 0 Å². The molecule has 5 heteroatoms. The fourth-order valence-electron chi connectivity index (χ4n) is 1.76. The highest BCUT2D eigenvalue weighted by atomic mass is 19.1. The number of aliphatic hydroxyl groups is 1. The number of halogens is 2. The third kappa shape index (κ3) is 3.39. The summed E-state index contributed by atoms with van der Waals surface area (Å²) in [5.74, 6) is -2.24. The van der Waals surface area contributed by atoms with Crippen LogP contribution in [0.1, 0.15) is 28.9 Å². The monoisotopic (exact) mass is 277 g/mol. The molecule has 104 valence electrons. The standard InChI is InChI=1S/C15H13F2NO2/c1-9(19)10-3-2-4-14(7-10)18-15(20)11-5-12(16)8-13(17)6-11/h2-9,19H,1H3,(H,18,20). The average molecular weight is 277 g/mol. The summed E-state index contributed by atoms with van der Waals surface area (Å²) in [5.41, 5.74) is 0.969. The molecule has 0 aliphatic heterocycles. The van der Waals surface area contributed by atoms with E-state index < -0.39 is 23.6 Å². The van der Waals surface area contributed by atoms with Crippen LogP contribution in [0.15, 0.2) is 42.5 Å². The van der Waals surface area contributed by atoms with Crippen LogP contribution in [0.25, 0.3) is 0 Å². The normalized spacial score (nSPS) is 12.0. The molecule has 0 heterocycles. The van der Waals surface area contributed by atoms with Gasteiger partial charge in [-0.15, -0.1) is 0 Å². The van der Waals surface area contributed by atoms with Gasteiger partial charge >= 0.3 is 0 Å². The molecule has 0 spiro atoms. The number of rotatable bonds is 3. The van der Waals surface area contributed by atoms with Crippen molar-refractivity contribution in [2.45, 2.75) is 13.0 Å². The first-order chi connectivity index (χ1) is 9.45. The smallest absolute Gasteiger partial charge is 0.255 e. The highest BCUT2D eigenvalue weighted by molar-refractivity contribution is 6.04. The summed E-state index contributed by atoms with van der Waals surface area (Å²) in [6, 6.07) is 9.21. The molecule has 2 N–H and O–H groups in total. The highest BCUT2D eigenvalue weighted by Gasteiger charge is 2.10. The summed E-state index contributed by atoms with van der Waals surface area (Å²) >= 11 is 0. The van der Waals surface area contributed by atoms with Crippen molar-refractivity contribution in [2.24, 2.45) is 0 Å². The Bertz CT molecular complexity index is 621. The second kappa shape index (κ2) is 5.79. The second-order valence-electron chi connectivity index (χ2n) is 4.41. The fourth-order valence-corrected chi connectivity index (χ4v) is 1.76. The van der Waals surface area contributed by atoms with Crippen molar-refractivity contribution in [2.75, 3.05) is 5.32 Å². The zero-order valence-electron chi connectivity index (χ0n) is 10.7. The average Bonchev–Trinajstić information content (AvgIpc) is 2.37. The molecule has 0 fully saturated rings. The number of benzene rings is 2. The zero-order valence-corrected chi connectivity index (χ0v) is 10.7. The number of nitrogens with one attached hydrogen (secondary N) is 1. The quantitative estimate of drug-likeness (QED) is 0.904. The number of aliphatic hydroxyl groups excluding tert-OH is 1. The third-order valence-electron chi connectivity index (χ3n) is 2.75. The van der Waals surface area contributed by atoms with Gasteiger partial charge < -0.3 is 10.4 Å². The highest BCUT2D eigenvalue weighted by Crippen LogP contribution is 2.18. The minimum absolute atomic E-state index is 0.107. The molecule has 0 radical (unpaired) electrons. The van der Waals surface area contributed by atoms with Gasteiger partial charge in [0.25, 0.3) is 5.91 Å². The summed E-state index contributed by atoms with van der Waals surface area (Å²) in [7, 11) is 0. The molecule has 0 aromatic heterocycles. The molecule has 1 unspecified atom stereocenters. The molecule has 0 saturated heterocycles. The van der Waals surface area contributed by atoms with Crippen LogP contribution >= 0.6 is 0 Å². The number of hydrogen-bond acceptors (Lipinski definition) is 2. The third-order valence-corrected chi connectivity index (χ3v) is 2.75. The first-order valence-electron chi connectivity index (χ1n) is 6.01. The minimum Gasteiger partial charge on any atom is -0.389 e. The van der Waals surface area contributed by atoms with Crippen LogP contribution in [0.4, 0.5) is 14.5 Å². The lowest BCUT2D eigenvalue weighted by Crippen LogP contribution is -2.12. The molecule has 0 bridgehead atoms. The summed E-state index contributed by atoms with van der Waals surface area (Å²) in [5, 5.41) is 12.0. The molecule has 2 aromatic rings. The molecule has 1 amide bonds. The van der Waals surface area contributed by atoms with E-state index in [1.54, 1.807) is 31.2 Å². The Kier molecular flexibility index (Phi) is 4.10. The number of amides is 1. The number of hydrogen-bond donors (Lipinski definition) is 2. The van der Waals surface area contributed by atoms with Crippen molar-refractivity contribution in [3.8, 4) is 0 Å². The van der Waals surface area contributed by atoms with Crippen molar-refractivity contribution in [1.29, 1.82) is 0 Å². The lowest BCUT2D eigenvalue weighted by Gasteiger charge is -2.09. The van der Waals surface area contributed by atoms with Gasteiger partial charge in [0.05, 0.1) is 6.10 Å². The summed E-state index contributed by atoms with van der Waals surface area (Å²) in [4.78, 5) is 11.9. The Labute approximate surface area is 114 Å². The SMILES string of the molecule is CC(O)c1cccc(NC(=O)c2cc(F)cc(F)c2)c1. The maximum Gasteiger partial charge on any atom is 0.255 e. The Hall–Kier alpha value is -2.27. The molecule has 0 aliphatic carbocycles. The molecule has 2 rings (SSSR count). The van der Waals surface area contributed by atoms with E-state index in [9.17, 15) is 18.7 Å². The van der Waals surface area contributed by atoms with E-state index >= 15 is 0 Å². The Morgan fingerprint density at radius 2 is 1.80 bits per heavy atom. The van der Waals surface area contributed by atoms with Gasteiger partial charge in [-0.05, 0) is 36.8 Å². The van der Waals surface area contributed by atoms with Crippen LogP contribution in [-0.2, 0) is 0 Å². The predicted molar refractivity (Wildman–Crippen MR) is 71.4 cm³/mol. The first kappa shape index (κ1) is 14.1. The fraction of sp³-hybridized carbons (Fsp3) is 0.133. The maximum absolute atomic E-state index is 13.0. The van der Waals surface area contributed by atoms with E-state index in [2.05, 4.69) is 5.32 Å². The lowest BCUT2D eigenvalue weighted by molar-refractivity contribution is 0.102. The molecule has 0 aliphatic rings. The van der Waals surface area contributed by atoms with Gasteiger partial charge in [0.1, 0.15) is 11.6 Å². The molecular weight excluding hydrogens is 264 g/mol. The summed E-state index contributed by atoms with van der Waals surface area (Å²) in [6.07, 6.45) is -0.668. The molecular formula is C15H13F2NO2.